The van der Waals surface area contributed by atoms with Crippen LogP contribution in [-0.2, 0) is 0 Å². The van der Waals surface area contributed by atoms with Gasteiger partial charge in [0, 0.05) is 0 Å². The fourth-order valence-corrected chi connectivity index (χ4v) is 0. The van der Waals surface area contributed by atoms with Crippen LogP contribution in [0.15, 0.2) is 0 Å². The van der Waals surface area contributed by atoms with Gasteiger partial charge in [-0.05, 0) is 26.7 Å². The molecule has 0 rings (SSSR count). The molecule has 0 aromatic carbocycles. The number of rotatable bonds is 0. The summed E-state index contributed by atoms with van der Waals surface area (Å²) in [5, 5.41) is 8.52. The molecule has 0 atom stereocenters. The van der Waals surface area contributed by atoms with E-state index in [-0.39, 0.29) is 0 Å². The van der Waals surface area contributed by atoms with Crippen LogP contribution >= 0.6 is 0 Å². The van der Waals surface area contributed by atoms with Crippen molar-refractivity contribution in [2.24, 2.45) is 0 Å². The van der Waals surface area contributed by atoms with Gasteiger partial charge in [-0.25, -0.2) is 0 Å². The van der Waals surface area contributed by atoms with Crippen molar-refractivity contribution in [2.45, 2.75) is 47.1 Å². The molecule has 0 spiro atoms. The molecule has 1 heteroatoms. The molecule has 0 saturated carbocycles. The first-order valence-corrected chi connectivity index (χ1v) is 3.22. The summed E-state index contributed by atoms with van der Waals surface area (Å²) < 4.78 is 0. The fourth-order valence-electron chi connectivity index (χ4n) is 0. The third-order valence-corrected chi connectivity index (χ3v) is 0. The van der Waals surface area contributed by atoms with Gasteiger partial charge in [-0.2, -0.15) is 0 Å². The molecule has 0 heterocycles. The van der Waals surface area contributed by atoms with E-state index in [4.69, 9.17) is 5.11 Å². The first-order chi connectivity index (χ1) is 3.73. The second-order valence-corrected chi connectivity index (χ2v) is 3.67. The zero-order chi connectivity index (χ0) is 8.08. The quantitative estimate of drug-likeness (QED) is 0.535. The normalized spacial score (nSPS) is 10.7. The fraction of sp³-hybridized carbons (Fsp3) is 0.875. The highest BCUT2D eigenvalue weighted by molar-refractivity contribution is 4.65. The Labute approximate surface area is 59.1 Å². The van der Waals surface area contributed by atoms with E-state index in [9.17, 15) is 0 Å². The predicted molar refractivity (Wildman–Crippen MR) is 42.2 cm³/mol. The van der Waals surface area contributed by atoms with Gasteiger partial charge in [0.05, 0.1) is 5.60 Å². The standard InChI is InChI=1S/C4H10O.C4H9/c1-4(2,3)5;1-4(2)3/h5H,1-3H3;1-3H3. The molecule has 0 aromatic heterocycles. The molecule has 0 aliphatic rings. The molecule has 1 radical (unpaired) electrons. The summed E-state index contributed by atoms with van der Waals surface area (Å²) in [6, 6.07) is 0. The largest absolute Gasteiger partial charge is 0.391 e. The first-order valence-electron chi connectivity index (χ1n) is 3.22. The van der Waals surface area contributed by atoms with Gasteiger partial charge in [-0.3, -0.25) is 0 Å². The van der Waals surface area contributed by atoms with Gasteiger partial charge in [0.15, 0.2) is 0 Å². The highest BCUT2D eigenvalue weighted by Crippen LogP contribution is 1.93. The Bertz CT molecular complexity index is 41.3. The van der Waals surface area contributed by atoms with Crippen LogP contribution in [0, 0.1) is 5.92 Å². The summed E-state index contributed by atoms with van der Waals surface area (Å²) in [6.45, 7) is 11.5. The van der Waals surface area contributed by atoms with Gasteiger partial charge < -0.3 is 5.11 Å². The van der Waals surface area contributed by atoms with Gasteiger partial charge >= 0.3 is 0 Å². The Morgan fingerprint density at radius 3 is 1.00 bits per heavy atom. The van der Waals surface area contributed by atoms with Crippen molar-refractivity contribution >= 4 is 0 Å². The molecule has 0 aliphatic heterocycles. The number of hydrogen-bond donors (Lipinski definition) is 1. The molecule has 0 unspecified atom stereocenters. The summed E-state index contributed by atoms with van der Waals surface area (Å²) >= 11 is 0. The van der Waals surface area contributed by atoms with E-state index < -0.39 is 5.60 Å². The third-order valence-electron chi connectivity index (χ3n) is 0. The number of aliphatic hydroxyl groups is 1. The van der Waals surface area contributed by atoms with E-state index in [2.05, 4.69) is 20.8 Å². The van der Waals surface area contributed by atoms with Gasteiger partial charge in [0.25, 0.3) is 0 Å². The second-order valence-electron chi connectivity index (χ2n) is 3.67. The second kappa shape index (κ2) is 4.80. The summed E-state index contributed by atoms with van der Waals surface area (Å²) in [5.74, 6) is 1.42. The Morgan fingerprint density at radius 1 is 1.00 bits per heavy atom. The van der Waals surface area contributed by atoms with Crippen molar-refractivity contribution in [3.63, 3.8) is 0 Å². The Morgan fingerprint density at radius 2 is 1.00 bits per heavy atom. The maximum absolute atomic E-state index is 8.52. The van der Waals surface area contributed by atoms with Crippen LogP contribution in [0.1, 0.15) is 41.5 Å². The van der Waals surface area contributed by atoms with Crippen molar-refractivity contribution < 1.29 is 5.11 Å². The topological polar surface area (TPSA) is 20.2 Å². The van der Waals surface area contributed by atoms with Crippen LogP contribution in [0.25, 0.3) is 0 Å². The summed E-state index contributed by atoms with van der Waals surface area (Å²) in [5.41, 5.74) is -0.500. The van der Waals surface area contributed by atoms with E-state index in [1.54, 1.807) is 20.8 Å². The van der Waals surface area contributed by atoms with Crippen molar-refractivity contribution in [3.8, 4) is 0 Å². The van der Waals surface area contributed by atoms with Crippen molar-refractivity contribution in [2.75, 3.05) is 0 Å². The Kier molecular flexibility index (Phi) is 6.25. The van der Waals surface area contributed by atoms with Crippen molar-refractivity contribution in [1.82, 2.24) is 0 Å². The van der Waals surface area contributed by atoms with Crippen LogP contribution in [0.5, 0.6) is 0 Å². The summed E-state index contributed by atoms with van der Waals surface area (Å²) in [7, 11) is 0. The number of hydrogen-bond acceptors (Lipinski definition) is 1. The molecule has 9 heavy (non-hydrogen) atoms. The van der Waals surface area contributed by atoms with Crippen LogP contribution in [0.2, 0.25) is 0 Å². The van der Waals surface area contributed by atoms with Crippen LogP contribution in [0.3, 0.4) is 0 Å². The SMILES string of the molecule is CC(C)(C)O.C[C](C)C. The minimum Gasteiger partial charge on any atom is -0.391 e. The molecule has 0 aromatic rings. The minimum atomic E-state index is -0.500. The van der Waals surface area contributed by atoms with E-state index in [0.717, 1.165) is 0 Å². The Hall–Kier alpha value is -0.0400. The maximum Gasteiger partial charge on any atom is 0.0563 e. The average Bonchev–Trinajstić information content (AvgIpc) is 1.19. The molecule has 57 valence electrons. The van der Waals surface area contributed by atoms with Gasteiger partial charge in [0.2, 0.25) is 0 Å². The van der Waals surface area contributed by atoms with E-state index in [0.29, 0.717) is 0 Å². The van der Waals surface area contributed by atoms with Crippen molar-refractivity contribution in [3.05, 3.63) is 5.92 Å². The molecule has 0 aliphatic carbocycles. The third kappa shape index (κ3) is 177000. The van der Waals surface area contributed by atoms with Gasteiger partial charge in [0.1, 0.15) is 0 Å². The van der Waals surface area contributed by atoms with E-state index >= 15 is 0 Å². The monoisotopic (exact) mass is 131 g/mol. The van der Waals surface area contributed by atoms with Crippen LogP contribution in [0.4, 0.5) is 0 Å². The molecule has 1 nitrogen and oxygen atoms in total. The Balaban J connectivity index is 0. The van der Waals surface area contributed by atoms with Gasteiger partial charge in [-0.1, -0.05) is 20.8 Å². The van der Waals surface area contributed by atoms with Crippen LogP contribution in [-0.4, -0.2) is 10.7 Å². The predicted octanol–water partition coefficient (Wildman–Crippen LogP) is 2.40. The van der Waals surface area contributed by atoms with Crippen molar-refractivity contribution in [1.29, 1.82) is 0 Å². The molecule has 0 saturated heterocycles. The lowest BCUT2D eigenvalue weighted by molar-refractivity contribution is 0.102. The molecular weight excluding hydrogens is 112 g/mol. The van der Waals surface area contributed by atoms with Crippen LogP contribution < -0.4 is 0 Å². The lowest BCUT2D eigenvalue weighted by atomic mass is 10.2. The lowest BCUT2D eigenvalue weighted by Crippen LogP contribution is -2.10. The smallest absolute Gasteiger partial charge is 0.0563 e. The molecule has 0 amide bonds. The molecule has 0 fully saturated rings. The lowest BCUT2D eigenvalue weighted by Gasteiger charge is -2.04. The molecule has 1 N–H and O–H groups in total. The molecular formula is C8H19O. The first kappa shape index (κ1) is 11.7. The minimum absolute atomic E-state index is 0.500. The zero-order valence-electron chi connectivity index (χ0n) is 7.45. The highest BCUT2D eigenvalue weighted by Gasteiger charge is 1.97. The molecule has 0 bridgehead atoms. The summed E-state index contributed by atoms with van der Waals surface area (Å²) in [6.07, 6.45) is 0. The average molecular weight is 131 g/mol. The van der Waals surface area contributed by atoms with E-state index in [1.165, 1.54) is 5.92 Å². The summed E-state index contributed by atoms with van der Waals surface area (Å²) in [4.78, 5) is 0. The van der Waals surface area contributed by atoms with E-state index in [1.807, 2.05) is 0 Å². The highest BCUT2D eigenvalue weighted by atomic mass is 16.3. The van der Waals surface area contributed by atoms with Gasteiger partial charge in [-0.15, -0.1) is 0 Å². The maximum atomic E-state index is 8.52. The zero-order valence-corrected chi connectivity index (χ0v) is 7.45.